The van der Waals surface area contributed by atoms with Crippen LogP contribution in [0.2, 0.25) is 0 Å². The number of carboxylic acid groups (broad SMARTS) is 1. The van der Waals surface area contributed by atoms with E-state index in [1.165, 1.54) is 11.8 Å². The monoisotopic (exact) mass is 771 g/mol. The van der Waals surface area contributed by atoms with Gasteiger partial charge in [0.25, 0.3) is 0 Å². The topological polar surface area (TPSA) is 199 Å². The average molecular weight is 772 g/mol. The fraction of sp³-hybridized carbons (Fsp3) is 0.487. The van der Waals surface area contributed by atoms with E-state index >= 15 is 4.39 Å². The molecule has 3 aromatic rings. The molecule has 2 unspecified atom stereocenters. The van der Waals surface area contributed by atoms with Crippen LogP contribution in [-0.2, 0) is 25.7 Å². The summed E-state index contributed by atoms with van der Waals surface area (Å²) in [4.78, 5) is 52.6. The zero-order valence-corrected chi connectivity index (χ0v) is 32.2. The molecule has 3 amide bonds. The van der Waals surface area contributed by atoms with E-state index in [0.29, 0.717) is 57.4 Å². The lowest BCUT2D eigenvalue weighted by Gasteiger charge is -2.41. The highest BCUT2D eigenvalue weighted by atomic mass is 32.2. The number of carboxylic acids is 1. The number of aliphatic carboxylic acids is 1. The lowest BCUT2D eigenvalue weighted by Crippen LogP contribution is -2.51. The van der Waals surface area contributed by atoms with Gasteiger partial charge in [-0.1, -0.05) is 57.5 Å². The number of hydrogen-bond acceptors (Lipinski definition) is 8. The van der Waals surface area contributed by atoms with Gasteiger partial charge >= 0.3 is 5.97 Å². The lowest BCUT2D eigenvalue weighted by atomic mass is 9.83. The fourth-order valence-electron chi connectivity index (χ4n) is 6.12. The number of benzene rings is 2. The van der Waals surface area contributed by atoms with Crippen molar-refractivity contribution in [3.63, 3.8) is 0 Å². The third kappa shape index (κ3) is 13.5. The van der Waals surface area contributed by atoms with E-state index in [1.807, 2.05) is 61.7 Å². The quantitative estimate of drug-likeness (QED) is 0.0818. The van der Waals surface area contributed by atoms with Crippen LogP contribution in [0.4, 0.5) is 8.78 Å². The highest BCUT2D eigenvalue weighted by molar-refractivity contribution is 7.99. The van der Waals surface area contributed by atoms with E-state index in [2.05, 4.69) is 10.6 Å². The number of rotatable bonds is 22. The molecule has 0 saturated heterocycles. The van der Waals surface area contributed by atoms with Crippen LogP contribution in [0.3, 0.4) is 0 Å². The highest BCUT2D eigenvalue weighted by Crippen LogP contribution is 2.41. The predicted molar refractivity (Wildman–Crippen MR) is 208 cm³/mol. The van der Waals surface area contributed by atoms with Gasteiger partial charge in [-0.05, 0) is 67.6 Å². The number of halogens is 2. The Morgan fingerprint density at radius 3 is 2.33 bits per heavy atom. The zero-order chi connectivity index (χ0) is 39.8. The van der Waals surface area contributed by atoms with Gasteiger partial charge in [0.1, 0.15) is 17.7 Å². The molecule has 296 valence electrons. The van der Waals surface area contributed by atoms with Crippen molar-refractivity contribution in [1.29, 1.82) is 0 Å². The van der Waals surface area contributed by atoms with Crippen molar-refractivity contribution >= 4 is 35.5 Å². The van der Waals surface area contributed by atoms with Crippen LogP contribution in [0.5, 0.6) is 0 Å². The van der Waals surface area contributed by atoms with E-state index in [4.69, 9.17) is 17.2 Å². The van der Waals surface area contributed by atoms with Crippen molar-refractivity contribution in [3.8, 4) is 11.1 Å². The average Bonchev–Trinajstić information content (AvgIpc) is 3.52. The number of carbonyl (C=O) groups is 4. The smallest absolute Gasteiger partial charge is 0.328 e. The number of aromatic nitrogens is 1. The molecular formula is C39H55F2N7O5S. The molecule has 1 heterocycles. The number of hydrogen-bond donors (Lipinski definition) is 6. The molecule has 0 spiro atoms. The first-order valence-electron chi connectivity index (χ1n) is 18.2. The van der Waals surface area contributed by atoms with Crippen molar-refractivity contribution in [2.75, 3.05) is 37.7 Å². The normalized spacial score (nSPS) is 13.2. The molecular weight excluding hydrogens is 717 g/mol. The molecule has 9 N–H and O–H groups in total. The largest absolute Gasteiger partial charge is 0.480 e. The van der Waals surface area contributed by atoms with Gasteiger partial charge in [-0.15, -0.1) is 0 Å². The van der Waals surface area contributed by atoms with Crippen LogP contribution in [0.15, 0.2) is 60.8 Å². The summed E-state index contributed by atoms with van der Waals surface area (Å²) in [6, 6.07) is 12.2. The van der Waals surface area contributed by atoms with E-state index in [0.717, 1.165) is 29.5 Å². The van der Waals surface area contributed by atoms with Crippen molar-refractivity contribution < 1.29 is 33.1 Å². The van der Waals surface area contributed by atoms with Crippen LogP contribution in [0, 0.1) is 17.0 Å². The minimum Gasteiger partial charge on any atom is -0.480 e. The summed E-state index contributed by atoms with van der Waals surface area (Å²) in [6.45, 7) is 7.27. The predicted octanol–water partition coefficient (Wildman–Crippen LogP) is 4.01. The summed E-state index contributed by atoms with van der Waals surface area (Å²) in [5, 5.41) is 14.5. The van der Waals surface area contributed by atoms with Crippen molar-refractivity contribution in [2.24, 2.45) is 22.6 Å². The second-order valence-corrected chi connectivity index (χ2v) is 15.4. The Morgan fingerprint density at radius 1 is 0.981 bits per heavy atom. The van der Waals surface area contributed by atoms with Crippen LogP contribution >= 0.6 is 11.8 Å². The maximum Gasteiger partial charge on any atom is 0.328 e. The first kappa shape index (κ1) is 44.1. The third-order valence-electron chi connectivity index (χ3n) is 8.82. The first-order valence-corrected chi connectivity index (χ1v) is 19.3. The van der Waals surface area contributed by atoms with E-state index in [9.17, 15) is 28.7 Å². The number of amides is 3. The van der Waals surface area contributed by atoms with Crippen LogP contribution < -0.4 is 27.8 Å². The molecule has 1 aromatic heterocycles. The summed E-state index contributed by atoms with van der Waals surface area (Å²) in [7, 11) is 0. The number of thioether (sulfide) groups is 1. The van der Waals surface area contributed by atoms with Gasteiger partial charge in [-0.3, -0.25) is 14.4 Å². The molecule has 2 aromatic carbocycles. The van der Waals surface area contributed by atoms with E-state index < -0.39 is 53.0 Å². The Balaban J connectivity index is 1.76. The second-order valence-electron chi connectivity index (χ2n) is 14.3. The summed E-state index contributed by atoms with van der Waals surface area (Å²) < 4.78 is 31.4. The third-order valence-corrected chi connectivity index (χ3v) is 9.76. The van der Waals surface area contributed by atoms with Gasteiger partial charge in [0.15, 0.2) is 0 Å². The van der Waals surface area contributed by atoms with Gasteiger partial charge in [0.05, 0.1) is 17.8 Å². The van der Waals surface area contributed by atoms with Gasteiger partial charge in [-0.2, -0.15) is 11.8 Å². The summed E-state index contributed by atoms with van der Waals surface area (Å²) in [5.74, 6) is -3.47. The number of carbonyl (C=O) groups excluding carboxylic acids is 3. The Labute approximate surface area is 320 Å². The Kier molecular flexibility index (Phi) is 17.6. The number of nitrogens with one attached hydrogen (secondary N) is 2. The van der Waals surface area contributed by atoms with Gasteiger partial charge < -0.3 is 42.4 Å². The van der Waals surface area contributed by atoms with Gasteiger partial charge in [0.2, 0.25) is 17.7 Å². The van der Waals surface area contributed by atoms with Crippen molar-refractivity contribution in [1.82, 2.24) is 20.1 Å². The highest BCUT2D eigenvalue weighted by Gasteiger charge is 2.37. The molecule has 3 rings (SSSR count). The maximum atomic E-state index is 15.1. The van der Waals surface area contributed by atoms with Gasteiger partial charge in [0, 0.05) is 54.8 Å². The number of nitrogens with two attached hydrogens (primary N) is 3. The minimum absolute atomic E-state index is 0.0235. The zero-order valence-electron chi connectivity index (χ0n) is 31.4. The molecule has 12 nitrogen and oxygen atoms in total. The molecule has 0 radical (unpaired) electrons. The molecule has 15 heteroatoms. The Bertz CT molecular complexity index is 1690. The van der Waals surface area contributed by atoms with Crippen molar-refractivity contribution in [3.05, 3.63) is 83.7 Å². The summed E-state index contributed by atoms with van der Waals surface area (Å²) >= 11 is 1.23. The second kappa shape index (κ2) is 21.5. The molecule has 0 aliphatic carbocycles. The molecule has 0 saturated carbocycles. The molecule has 54 heavy (non-hydrogen) atoms. The Hall–Kier alpha value is -4.31. The van der Waals surface area contributed by atoms with Crippen LogP contribution in [0.25, 0.3) is 11.1 Å². The van der Waals surface area contributed by atoms with Crippen LogP contribution in [-0.4, -0.2) is 88.0 Å². The standard InChI is InChI=1S/C39H55F2N7O5S/c1-39(2,3)36(33-20-27(29-21-28(40)13-14-30(29)41)24-47(33)23-26-10-5-4-6-11-26)48(18-9-17-43)35(50)25-54-19-15-34(49)46-32(38(52)53)22-45-37(51)31(44)12-7-8-16-42/h4-6,10-11,13-14,20-21,24,31-32,36H,7-9,12,15-19,22-23,25,42-44H2,1-3H3,(H,45,51)(H,46,49)(H,52,53)/t31?,32?,36-/m0/s1. The van der Waals surface area contributed by atoms with Crippen LogP contribution in [0.1, 0.15) is 70.2 Å². The molecule has 0 fully saturated rings. The molecule has 3 atom stereocenters. The summed E-state index contributed by atoms with van der Waals surface area (Å²) in [6.07, 6.45) is 4.01. The molecule has 0 bridgehead atoms. The maximum absolute atomic E-state index is 15.1. The van der Waals surface area contributed by atoms with E-state index in [1.54, 1.807) is 11.1 Å². The molecule has 0 aliphatic rings. The summed E-state index contributed by atoms with van der Waals surface area (Å²) in [5.41, 5.74) is 19.0. The first-order chi connectivity index (χ1) is 25.7. The SMILES string of the molecule is CC(C)(C)[C@H](c1cc(-c2cc(F)ccc2F)cn1Cc1ccccc1)N(CCCN)C(=O)CSCCC(=O)NC(CNC(=O)C(N)CCCCN)C(=O)O. The number of nitrogens with zero attached hydrogens (tertiary/aromatic N) is 2. The van der Waals surface area contributed by atoms with E-state index in [-0.39, 0.29) is 35.9 Å². The fourth-order valence-corrected chi connectivity index (χ4v) is 6.93. The van der Waals surface area contributed by atoms with Gasteiger partial charge in [-0.25, -0.2) is 13.6 Å². The van der Waals surface area contributed by atoms with Crippen molar-refractivity contribution in [2.45, 2.75) is 77.5 Å². The minimum atomic E-state index is -1.36. The Morgan fingerprint density at radius 2 is 1.69 bits per heavy atom. The molecule has 0 aliphatic heterocycles. The number of unbranched alkanes of at least 4 members (excludes halogenated alkanes) is 1. The lowest BCUT2D eigenvalue weighted by molar-refractivity contribution is -0.141.